The van der Waals surface area contributed by atoms with Crippen LogP contribution in [0.1, 0.15) is 38.2 Å². The van der Waals surface area contributed by atoms with Crippen molar-refractivity contribution in [3.05, 3.63) is 29.8 Å². The normalized spacial score (nSPS) is 22.9. The summed E-state index contributed by atoms with van der Waals surface area (Å²) in [5.41, 5.74) is 0.840. The van der Waals surface area contributed by atoms with Crippen molar-refractivity contribution in [2.24, 2.45) is 5.92 Å². The molecule has 1 aromatic carbocycles. The molecule has 0 radical (unpaired) electrons. The highest BCUT2D eigenvalue weighted by atomic mass is 16.3. The number of phenols is 1. The number of hydrogen-bond acceptors (Lipinski definition) is 2. The van der Waals surface area contributed by atoms with Crippen LogP contribution in [0.15, 0.2) is 24.3 Å². The summed E-state index contributed by atoms with van der Waals surface area (Å²) in [4.78, 5) is 11.8. The Morgan fingerprint density at radius 3 is 2.83 bits per heavy atom. The minimum atomic E-state index is 0.0948. The van der Waals surface area contributed by atoms with Gasteiger partial charge >= 0.3 is 0 Å². The quantitative estimate of drug-likeness (QED) is 0.859. The molecule has 2 unspecified atom stereocenters. The highest BCUT2D eigenvalue weighted by Gasteiger charge is 2.22. The van der Waals surface area contributed by atoms with E-state index in [9.17, 15) is 9.90 Å². The van der Waals surface area contributed by atoms with E-state index >= 15 is 0 Å². The summed E-state index contributed by atoms with van der Waals surface area (Å²) in [5, 5.41) is 12.7. The molecule has 0 bridgehead atoms. The lowest BCUT2D eigenvalue weighted by Gasteiger charge is -2.12. The highest BCUT2D eigenvalue weighted by Crippen LogP contribution is 2.24. The molecule has 2 rings (SSSR count). The van der Waals surface area contributed by atoms with Crippen LogP contribution in [0.25, 0.3) is 0 Å². The molecule has 0 aromatic heterocycles. The average Bonchev–Trinajstić information content (AvgIpc) is 2.74. The second-order valence-electron chi connectivity index (χ2n) is 5.31. The van der Waals surface area contributed by atoms with E-state index in [1.807, 2.05) is 12.1 Å². The van der Waals surface area contributed by atoms with Gasteiger partial charge in [-0.25, -0.2) is 0 Å². The van der Waals surface area contributed by atoms with Crippen LogP contribution in [0.3, 0.4) is 0 Å². The van der Waals surface area contributed by atoms with Crippen LogP contribution in [0.2, 0.25) is 0 Å². The first kappa shape index (κ1) is 12.9. The largest absolute Gasteiger partial charge is 0.508 e. The van der Waals surface area contributed by atoms with Crippen molar-refractivity contribution in [1.82, 2.24) is 5.32 Å². The number of benzene rings is 1. The topological polar surface area (TPSA) is 49.3 Å². The molecule has 0 heterocycles. The van der Waals surface area contributed by atoms with Gasteiger partial charge in [0.25, 0.3) is 0 Å². The molecular weight excluding hydrogens is 226 g/mol. The first-order valence-electron chi connectivity index (χ1n) is 6.71. The van der Waals surface area contributed by atoms with Crippen molar-refractivity contribution in [1.29, 1.82) is 0 Å². The molecule has 98 valence electrons. The van der Waals surface area contributed by atoms with Gasteiger partial charge in [-0.15, -0.1) is 0 Å². The van der Waals surface area contributed by atoms with E-state index in [0.717, 1.165) is 24.3 Å². The van der Waals surface area contributed by atoms with Crippen LogP contribution in [0.4, 0.5) is 0 Å². The van der Waals surface area contributed by atoms with Gasteiger partial charge in [-0.2, -0.15) is 0 Å². The molecule has 1 fully saturated rings. The smallest absolute Gasteiger partial charge is 0.220 e. The Labute approximate surface area is 108 Å². The molecule has 0 aliphatic heterocycles. The van der Waals surface area contributed by atoms with E-state index in [4.69, 9.17) is 0 Å². The summed E-state index contributed by atoms with van der Waals surface area (Å²) >= 11 is 0. The van der Waals surface area contributed by atoms with Crippen LogP contribution in [0.5, 0.6) is 5.75 Å². The van der Waals surface area contributed by atoms with Crippen LogP contribution in [0, 0.1) is 5.92 Å². The monoisotopic (exact) mass is 247 g/mol. The number of aryl methyl sites for hydroxylation is 1. The van der Waals surface area contributed by atoms with Crippen LogP contribution in [-0.4, -0.2) is 17.1 Å². The summed E-state index contributed by atoms with van der Waals surface area (Å²) in [7, 11) is 0. The average molecular weight is 247 g/mol. The number of aromatic hydroxyl groups is 1. The molecule has 3 nitrogen and oxygen atoms in total. The van der Waals surface area contributed by atoms with Crippen LogP contribution in [-0.2, 0) is 11.2 Å². The number of nitrogens with one attached hydrogen (secondary N) is 1. The van der Waals surface area contributed by atoms with Crippen molar-refractivity contribution in [2.45, 2.75) is 45.1 Å². The summed E-state index contributed by atoms with van der Waals surface area (Å²) in [6, 6.07) is 7.55. The Balaban J connectivity index is 1.77. The minimum absolute atomic E-state index is 0.0948. The molecular formula is C15H21NO2. The lowest BCUT2D eigenvalue weighted by Crippen LogP contribution is -2.32. The SMILES string of the molecule is CC1CCC(NC(=O)CCc2ccccc2O)C1. The number of amides is 1. The fraction of sp³-hybridized carbons (Fsp3) is 0.533. The Morgan fingerprint density at radius 2 is 2.17 bits per heavy atom. The van der Waals surface area contributed by atoms with Gasteiger partial charge < -0.3 is 10.4 Å². The molecule has 18 heavy (non-hydrogen) atoms. The standard InChI is InChI=1S/C15H21NO2/c1-11-6-8-13(10-11)16-15(18)9-7-12-4-2-3-5-14(12)17/h2-5,11,13,17H,6-10H2,1H3,(H,16,18). The third-order valence-electron chi connectivity index (χ3n) is 3.67. The number of carbonyl (C=O) groups is 1. The van der Waals surface area contributed by atoms with E-state index < -0.39 is 0 Å². The van der Waals surface area contributed by atoms with Gasteiger partial charge in [-0.1, -0.05) is 25.1 Å². The van der Waals surface area contributed by atoms with Crippen molar-refractivity contribution < 1.29 is 9.90 Å². The van der Waals surface area contributed by atoms with Gasteiger partial charge in [0.1, 0.15) is 5.75 Å². The Morgan fingerprint density at radius 1 is 1.39 bits per heavy atom. The minimum Gasteiger partial charge on any atom is -0.508 e. The maximum absolute atomic E-state index is 11.8. The molecule has 1 aliphatic carbocycles. The Kier molecular flexibility index (Phi) is 4.24. The predicted molar refractivity (Wildman–Crippen MR) is 71.4 cm³/mol. The van der Waals surface area contributed by atoms with E-state index in [1.165, 1.54) is 6.42 Å². The molecule has 1 aromatic rings. The zero-order valence-electron chi connectivity index (χ0n) is 10.9. The van der Waals surface area contributed by atoms with Gasteiger partial charge in [0.05, 0.1) is 0 Å². The third kappa shape index (κ3) is 3.49. The number of hydrogen-bond donors (Lipinski definition) is 2. The second kappa shape index (κ2) is 5.89. The number of para-hydroxylation sites is 1. The van der Waals surface area contributed by atoms with E-state index in [2.05, 4.69) is 12.2 Å². The predicted octanol–water partition coefficient (Wildman–Crippen LogP) is 2.63. The molecule has 3 heteroatoms. The van der Waals surface area contributed by atoms with Gasteiger partial charge in [0.2, 0.25) is 5.91 Å². The van der Waals surface area contributed by atoms with Crippen molar-refractivity contribution in [2.75, 3.05) is 0 Å². The lowest BCUT2D eigenvalue weighted by molar-refractivity contribution is -0.121. The molecule has 2 N–H and O–H groups in total. The second-order valence-corrected chi connectivity index (χ2v) is 5.31. The maximum Gasteiger partial charge on any atom is 0.220 e. The van der Waals surface area contributed by atoms with Crippen molar-refractivity contribution in [3.63, 3.8) is 0 Å². The van der Waals surface area contributed by atoms with Gasteiger partial charge in [0, 0.05) is 12.5 Å². The fourth-order valence-corrected chi connectivity index (χ4v) is 2.61. The van der Waals surface area contributed by atoms with E-state index in [0.29, 0.717) is 18.9 Å². The highest BCUT2D eigenvalue weighted by molar-refractivity contribution is 5.76. The zero-order chi connectivity index (χ0) is 13.0. The first-order chi connectivity index (χ1) is 8.65. The van der Waals surface area contributed by atoms with E-state index in [1.54, 1.807) is 12.1 Å². The Hall–Kier alpha value is -1.51. The molecule has 1 saturated carbocycles. The number of rotatable bonds is 4. The molecule has 1 amide bonds. The number of phenolic OH excluding ortho intramolecular Hbond substituents is 1. The van der Waals surface area contributed by atoms with Crippen LogP contribution < -0.4 is 5.32 Å². The lowest BCUT2D eigenvalue weighted by atomic mass is 10.1. The fourth-order valence-electron chi connectivity index (χ4n) is 2.61. The summed E-state index contributed by atoms with van der Waals surface area (Å²) in [5.74, 6) is 1.10. The summed E-state index contributed by atoms with van der Waals surface area (Å²) < 4.78 is 0. The summed E-state index contributed by atoms with van der Waals surface area (Å²) in [6.45, 7) is 2.23. The molecule has 0 saturated heterocycles. The Bertz CT molecular complexity index is 417. The van der Waals surface area contributed by atoms with Gasteiger partial charge in [-0.05, 0) is 43.2 Å². The first-order valence-corrected chi connectivity index (χ1v) is 6.71. The molecule has 2 atom stereocenters. The van der Waals surface area contributed by atoms with E-state index in [-0.39, 0.29) is 11.7 Å². The third-order valence-corrected chi connectivity index (χ3v) is 3.67. The van der Waals surface area contributed by atoms with Crippen LogP contribution >= 0.6 is 0 Å². The number of carbonyl (C=O) groups excluding carboxylic acids is 1. The van der Waals surface area contributed by atoms with Gasteiger partial charge in [-0.3, -0.25) is 4.79 Å². The molecule has 0 spiro atoms. The zero-order valence-corrected chi connectivity index (χ0v) is 10.9. The maximum atomic E-state index is 11.8. The van der Waals surface area contributed by atoms with Crippen molar-refractivity contribution >= 4 is 5.91 Å². The summed E-state index contributed by atoms with van der Waals surface area (Å²) in [6.07, 6.45) is 4.46. The van der Waals surface area contributed by atoms with Gasteiger partial charge in [0.15, 0.2) is 0 Å². The molecule has 1 aliphatic rings. The van der Waals surface area contributed by atoms with Crippen molar-refractivity contribution in [3.8, 4) is 5.75 Å².